The fourth-order valence-corrected chi connectivity index (χ4v) is 8.18. The molecule has 0 spiro atoms. The van der Waals surface area contributed by atoms with E-state index >= 15 is 0 Å². The number of hydrogen-bond donors (Lipinski definition) is 1. The van der Waals surface area contributed by atoms with Gasteiger partial charge in [0.05, 0.1) is 30.1 Å². The number of ether oxygens (including phenoxy) is 1. The maximum Gasteiger partial charge on any atom is 0.228 e. The minimum atomic E-state index is -3.72. The van der Waals surface area contributed by atoms with Crippen molar-refractivity contribution in [3.05, 3.63) is 60.6 Å². The Hall–Kier alpha value is -3.83. The first-order chi connectivity index (χ1) is 20.3. The fraction of sp³-hybridized carbons (Fsp3) is 0.419. The van der Waals surface area contributed by atoms with E-state index in [0.717, 1.165) is 48.1 Å². The molecule has 42 heavy (non-hydrogen) atoms. The SMILES string of the molecule is CS(=O)(=O)c1c(C2C[C@H]3CC[C@@H](C2)N3C(=O)[C@H]2CCCOC2)nc2c(-c3ccc(-c4ccccc4)nc3)cnn2c1N. The third-order valence-electron chi connectivity index (χ3n) is 9.06. The van der Waals surface area contributed by atoms with Gasteiger partial charge in [0, 0.05) is 53.8 Å². The summed E-state index contributed by atoms with van der Waals surface area (Å²) in [5.41, 5.74) is 10.9. The van der Waals surface area contributed by atoms with Crippen molar-refractivity contribution in [3.8, 4) is 22.4 Å². The van der Waals surface area contributed by atoms with Crippen molar-refractivity contribution in [3.63, 3.8) is 0 Å². The monoisotopic (exact) mass is 586 g/mol. The average Bonchev–Trinajstić information content (AvgIpc) is 3.55. The van der Waals surface area contributed by atoms with Gasteiger partial charge >= 0.3 is 0 Å². The lowest BCUT2D eigenvalue weighted by Gasteiger charge is -2.41. The second-order valence-electron chi connectivity index (χ2n) is 11.8. The van der Waals surface area contributed by atoms with Crippen LogP contribution in [0.4, 0.5) is 5.82 Å². The molecule has 1 unspecified atom stereocenters. The minimum Gasteiger partial charge on any atom is -0.382 e. The van der Waals surface area contributed by atoms with Crippen LogP contribution in [0.3, 0.4) is 0 Å². The van der Waals surface area contributed by atoms with E-state index in [2.05, 4.69) is 15.0 Å². The quantitative estimate of drug-likeness (QED) is 0.370. The summed E-state index contributed by atoms with van der Waals surface area (Å²) in [4.78, 5) is 25.2. The number of nitrogen functional groups attached to an aromatic ring is 1. The molecule has 218 valence electrons. The normalized spacial score (nSPS) is 24.3. The van der Waals surface area contributed by atoms with Crippen LogP contribution < -0.4 is 5.73 Å². The summed E-state index contributed by atoms with van der Waals surface area (Å²) in [5, 5.41) is 4.44. The molecule has 0 radical (unpaired) electrons. The first kappa shape index (κ1) is 27.0. The molecule has 3 fully saturated rings. The second-order valence-corrected chi connectivity index (χ2v) is 13.7. The first-order valence-electron chi connectivity index (χ1n) is 14.6. The highest BCUT2D eigenvalue weighted by molar-refractivity contribution is 7.91. The standard InChI is InChI=1S/C31H34N6O4S/c1-42(39,40)28-27(22-14-23-10-11-24(15-22)36(23)31(38)21-8-5-13-41-18-21)35-30-25(17-34-37(30)29(28)32)20-9-12-26(33-16-20)19-6-3-2-4-7-19/h2-4,6-7,9,12,16-17,21-24H,5,8,10-11,13-15,18,32H2,1H3/t21-,22?,23-,24+/m0/s1. The van der Waals surface area contributed by atoms with Crippen molar-refractivity contribution in [2.45, 2.75) is 61.4 Å². The predicted octanol–water partition coefficient (Wildman–Crippen LogP) is 4.11. The third-order valence-corrected chi connectivity index (χ3v) is 10.2. The van der Waals surface area contributed by atoms with E-state index in [4.69, 9.17) is 15.5 Å². The number of pyridine rings is 1. The number of amides is 1. The van der Waals surface area contributed by atoms with Crippen molar-refractivity contribution in [2.24, 2.45) is 5.92 Å². The van der Waals surface area contributed by atoms with Gasteiger partial charge in [-0.15, -0.1) is 0 Å². The average molecular weight is 587 g/mol. The first-order valence-corrected chi connectivity index (χ1v) is 16.5. The molecule has 2 N–H and O–H groups in total. The van der Waals surface area contributed by atoms with Crippen LogP contribution in [0.25, 0.3) is 28.0 Å². The molecule has 2 bridgehead atoms. The van der Waals surface area contributed by atoms with E-state index < -0.39 is 9.84 Å². The van der Waals surface area contributed by atoms with Crippen molar-refractivity contribution < 1.29 is 17.9 Å². The summed E-state index contributed by atoms with van der Waals surface area (Å²) in [7, 11) is -3.72. The Balaban J connectivity index is 1.25. The Morgan fingerprint density at radius 2 is 1.76 bits per heavy atom. The number of anilines is 1. The maximum atomic E-state index is 13.5. The molecule has 0 saturated carbocycles. The van der Waals surface area contributed by atoms with E-state index in [1.165, 1.54) is 10.8 Å². The van der Waals surface area contributed by atoms with Crippen molar-refractivity contribution in [1.29, 1.82) is 0 Å². The largest absolute Gasteiger partial charge is 0.382 e. The topological polar surface area (TPSA) is 133 Å². The van der Waals surface area contributed by atoms with E-state index in [1.807, 2.05) is 42.5 Å². The maximum absolute atomic E-state index is 13.5. The summed E-state index contributed by atoms with van der Waals surface area (Å²) < 4.78 is 33.3. The molecule has 3 aromatic heterocycles. The molecule has 6 heterocycles. The number of benzene rings is 1. The molecule has 4 atom stereocenters. The fourth-order valence-electron chi connectivity index (χ4n) is 7.12. The van der Waals surface area contributed by atoms with Crippen LogP contribution in [-0.2, 0) is 19.4 Å². The lowest BCUT2D eigenvalue weighted by molar-refractivity contribution is -0.144. The summed E-state index contributed by atoms with van der Waals surface area (Å²) in [6.45, 7) is 1.20. The molecule has 4 aromatic rings. The number of sulfone groups is 1. The third kappa shape index (κ3) is 4.64. The van der Waals surface area contributed by atoms with Crippen molar-refractivity contribution in [1.82, 2.24) is 24.5 Å². The summed E-state index contributed by atoms with van der Waals surface area (Å²) >= 11 is 0. The van der Waals surface area contributed by atoms with Gasteiger partial charge in [-0.3, -0.25) is 9.78 Å². The molecule has 1 amide bonds. The van der Waals surface area contributed by atoms with E-state index in [1.54, 1.807) is 12.4 Å². The number of nitrogens with two attached hydrogens (primary N) is 1. The molecule has 7 rings (SSSR count). The van der Waals surface area contributed by atoms with Crippen LogP contribution in [0, 0.1) is 5.92 Å². The van der Waals surface area contributed by atoms with Gasteiger partial charge in [-0.2, -0.15) is 9.61 Å². The van der Waals surface area contributed by atoms with Crippen LogP contribution in [0.1, 0.15) is 50.1 Å². The smallest absolute Gasteiger partial charge is 0.228 e. The Labute approximate surface area is 244 Å². The molecular weight excluding hydrogens is 552 g/mol. The number of rotatable bonds is 5. The minimum absolute atomic E-state index is 0.0343. The van der Waals surface area contributed by atoms with Gasteiger partial charge in [-0.05, 0) is 44.6 Å². The van der Waals surface area contributed by atoms with Crippen LogP contribution >= 0.6 is 0 Å². The highest BCUT2D eigenvalue weighted by atomic mass is 32.2. The molecule has 3 aliphatic heterocycles. The molecule has 3 saturated heterocycles. The van der Waals surface area contributed by atoms with Gasteiger partial charge < -0.3 is 15.4 Å². The zero-order valence-corrected chi connectivity index (χ0v) is 24.3. The Morgan fingerprint density at radius 3 is 2.40 bits per heavy atom. The highest BCUT2D eigenvalue weighted by Gasteiger charge is 2.46. The van der Waals surface area contributed by atoms with Gasteiger partial charge in [-0.25, -0.2) is 13.4 Å². The van der Waals surface area contributed by atoms with Crippen molar-refractivity contribution >= 4 is 27.2 Å². The molecular formula is C31H34N6O4S. The predicted molar refractivity (Wildman–Crippen MR) is 158 cm³/mol. The Bertz CT molecular complexity index is 1740. The Kier molecular flexibility index (Phi) is 6.73. The molecule has 1 aromatic carbocycles. The van der Waals surface area contributed by atoms with Gasteiger partial charge in [0.1, 0.15) is 10.7 Å². The van der Waals surface area contributed by atoms with Gasteiger partial charge in [0.2, 0.25) is 5.91 Å². The van der Waals surface area contributed by atoms with Gasteiger partial charge in [-0.1, -0.05) is 36.4 Å². The number of fused-ring (bicyclic) bond motifs is 3. The number of hydrogen-bond acceptors (Lipinski definition) is 8. The van der Waals surface area contributed by atoms with E-state index in [0.29, 0.717) is 37.4 Å². The van der Waals surface area contributed by atoms with E-state index in [-0.39, 0.29) is 40.5 Å². The van der Waals surface area contributed by atoms with Crippen LogP contribution in [0.2, 0.25) is 0 Å². The Morgan fingerprint density at radius 1 is 1.00 bits per heavy atom. The number of piperidine rings is 1. The lowest BCUT2D eigenvalue weighted by atomic mass is 9.86. The zero-order chi connectivity index (χ0) is 29.0. The second kappa shape index (κ2) is 10.5. The summed E-state index contributed by atoms with van der Waals surface area (Å²) in [6, 6.07) is 13.9. The van der Waals surface area contributed by atoms with Crippen molar-refractivity contribution in [2.75, 3.05) is 25.2 Å². The summed E-state index contributed by atoms with van der Waals surface area (Å²) in [5.74, 6) is -0.00175. The van der Waals surface area contributed by atoms with E-state index in [9.17, 15) is 13.2 Å². The zero-order valence-electron chi connectivity index (χ0n) is 23.5. The number of nitrogens with zero attached hydrogens (tertiary/aromatic N) is 5. The lowest BCUT2D eigenvalue weighted by Crippen LogP contribution is -2.50. The summed E-state index contributed by atoms with van der Waals surface area (Å²) in [6.07, 6.45) is 9.48. The molecule has 10 nitrogen and oxygen atoms in total. The number of carbonyl (C=O) groups is 1. The molecule has 11 heteroatoms. The number of aromatic nitrogens is 4. The van der Waals surface area contributed by atoms with Crippen LogP contribution in [0.5, 0.6) is 0 Å². The highest BCUT2D eigenvalue weighted by Crippen LogP contribution is 2.46. The molecule has 3 aliphatic rings. The number of carbonyl (C=O) groups excluding carboxylic acids is 1. The van der Waals surface area contributed by atoms with Gasteiger partial charge in [0.25, 0.3) is 0 Å². The van der Waals surface area contributed by atoms with Crippen LogP contribution in [0.15, 0.2) is 59.8 Å². The van der Waals surface area contributed by atoms with Crippen LogP contribution in [-0.4, -0.2) is 70.4 Å². The molecule has 0 aliphatic carbocycles. The van der Waals surface area contributed by atoms with Gasteiger partial charge in [0.15, 0.2) is 15.5 Å².